The molecule has 0 spiro atoms. The van der Waals surface area contributed by atoms with Crippen molar-refractivity contribution >= 4 is 21.8 Å². The molecule has 0 N–H and O–H groups in total. The molecule has 1 aromatic rings. The fraction of sp³-hybridized carbons (Fsp3) is 0.533. The summed E-state index contributed by atoms with van der Waals surface area (Å²) in [6.45, 7) is 4.35. The van der Waals surface area contributed by atoms with E-state index >= 15 is 0 Å². The first-order valence-corrected chi connectivity index (χ1v) is 8.11. The fourth-order valence-corrected chi connectivity index (χ4v) is 2.94. The predicted octanol–water partition coefficient (Wildman–Crippen LogP) is 1.86. The van der Waals surface area contributed by atoms with Crippen molar-refractivity contribution < 1.29 is 14.3 Å². The maximum atomic E-state index is 12.6. The van der Waals surface area contributed by atoms with E-state index in [0.717, 1.165) is 38.1 Å². The topological polar surface area (TPSA) is 42.0 Å². The Bertz CT molecular complexity index is 488. The van der Waals surface area contributed by atoms with Crippen molar-refractivity contribution in [2.45, 2.75) is 0 Å². The van der Waals surface area contributed by atoms with Crippen molar-refractivity contribution in [2.24, 2.45) is 0 Å². The molecule has 0 aromatic heterocycles. The first-order chi connectivity index (χ1) is 10.2. The Morgan fingerprint density at radius 1 is 1.19 bits per heavy atom. The molecule has 0 saturated carbocycles. The highest BCUT2D eigenvalue weighted by Crippen LogP contribution is 2.26. The molecule has 1 aromatic carbocycles. The molecule has 5 nitrogen and oxygen atoms in total. The maximum Gasteiger partial charge on any atom is 0.257 e. The molecule has 1 saturated heterocycles. The number of hydrogen-bond acceptors (Lipinski definition) is 4. The van der Waals surface area contributed by atoms with Gasteiger partial charge in [-0.05, 0) is 12.1 Å². The molecule has 6 heteroatoms. The first-order valence-electron chi connectivity index (χ1n) is 6.99. The molecule has 1 amide bonds. The molecule has 2 rings (SSSR count). The second-order valence-electron chi connectivity index (χ2n) is 4.89. The molecule has 1 heterocycles. The maximum absolute atomic E-state index is 12.6. The molecule has 1 aliphatic heterocycles. The van der Waals surface area contributed by atoms with E-state index < -0.39 is 0 Å². The van der Waals surface area contributed by atoms with E-state index in [9.17, 15) is 4.79 Å². The largest absolute Gasteiger partial charge is 0.497 e. The zero-order valence-corrected chi connectivity index (χ0v) is 14.1. The molecule has 1 fully saturated rings. The number of halogens is 1. The van der Waals surface area contributed by atoms with Gasteiger partial charge in [-0.15, -0.1) is 0 Å². The van der Waals surface area contributed by atoms with Gasteiger partial charge in [-0.25, -0.2) is 0 Å². The average molecular weight is 357 g/mol. The summed E-state index contributed by atoms with van der Waals surface area (Å²) in [7, 11) is 3.17. The fourth-order valence-electron chi connectivity index (χ4n) is 2.44. The molecule has 0 unspecified atom stereocenters. The second kappa shape index (κ2) is 7.66. The van der Waals surface area contributed by atoms with Crippen LogP contribution in [0.3, 0.4) is 0 Å². The number of rotatable bonds is 5. The van der Waals surface area contributed by atoms with Crippen molar-refractivity contribution in [3.05, 3.63) is 23.8 Å². The molecule has 21 heavy (non-hydrogen) atoms. The summed E-state index contributed by atoms with van der Waals surface area (Å²) in [4.78, 5) is 16.9. The normalized spacial score (nSPS) is 15.9. The highest BCUT2D eigenvalue weighted by atomic mass is 79.9. The van der Waals surface area contributed by atoms with Gasteiger partial charge in [-0.2, -0.15) is 0 Å². The Hall–Kier alpha value is -1.27. The Balaban J connectivity index is 2.07. The minimum Gasteiger partial charge on any atom is -0.497 e. The molecule has 116 valence electrons. The third-order valence-electron chi connectivity index (χ3n) is 3.70. The third kappa shape index (κ3) is 3.89. The van der Waals surface area contributed by atoms with Crippen LogP contribution < -0.4 is 9.47 Å². The molecule has 0 radical (unpaired) electrons. The number of alkyl halides is 1. The summed E-state index contributed by atoms with van der Waals surface area (Å²) in [5.74, 6) is 1.26. The van der Waals surface area contributed by atoms with Crippen LogP contribution in [-0.4, -0.2) is 68.0 Å². The monoisotopic (exact) mass is 356 g/mol. The van der Waals surface area contributed by atoms with Crippen molar-refractivity contribution in [3.8, 4) is 11.5 Å². The average Bonchev–Trinajstić information content (AvgIpc) is 2.54. The van der Waals surface area contributed by atoms with Crippen molar-refractivity contribution in [1.82, 2.24) is 9.80 Å². The van der Waals surface area contributed by atoms with Crippen LogP contribution in [0.1, 0.15) is 10.4 Å². The van der Waals surface area contributed by atoms with Crippen molar-refractivity contribution in [2.75, 3.05) is 52.3 Å². The number of hydrogen-bond donors (Lipinski definition) is 0. The Morgan fingerprint density at radius 2 is 1.90 bits per heavy atom. The van der Waals surface area contributed by atoms with Crippen LogP contribution in [0.15, 0.2) is 18.2 Å². The Morgan fingerprint density at radius 3 is 2.48 bits per heavy atom. The molecule has 0 atom stereocenters. The van der Waals surface area contributed by atoms with Gasteiger partial charge < -0.3 is 14.4 Å². The Kier molecular flexibility index (Phi) is 5.87. The summed E-state index contributed by atoms with van der Waals surface area (Å²) in [6, 6.07) is 5.30. The summed E-state index contributed by atoms with van der Waals surface area (Å²) in [5, 5.41) is 0.966. The van der Waals surface area contributed by atoms with E-state index in [1.165, 1.54) is 0 Å². The number of methoxy groups -OCH3 is 2. The van der Waals surface area contributed by atoms with E-state index in [1.54, 1.807) is 32.4 Å². The minimum atomic E-state index is 0.0213. The standard InChI is InChI=1S/C15H21BrN2O3/c1-20-12-3-4-13(14(11-12)21-2)15(19)18-9-7-17(6-5-16)8-10-18/h3-4,11H,5-10H2,1-2H3. The molecule has 1 aliphatic rings. The lowest BCUT2D eigenvalue weighted by atomic mass is 10.1. The number of benzene rings is 1. The number of carbonyl (C=O) groups excluding carboxylic acids is 1. The van der Waals surface area contributed by atoms with Crippen LogP contribution in [0.25, 0.3) is 0 Å². The molecule has 0 aliphatic carbocycles. The highest BCUT2D eigenvalue weighted by Gasteiger charge is 2.24. The summed E-state index contributed by atoms with van der Waals surface area (Å²) >= 11 is 3.45. The van der Waals surface area contributed by atoms with E-state index in [4.69, 9.17) is 9.47 Å². The van der Waals surface area contributed by atoms with Crippen LogP contribution in [0.2, 0.25) is 0 Å². The van der Waals surface area contributed by atoms with E-state index in [0.29, 0.717) is 17.1 Å². The van der Waals surface area contributed by atoms with Gasteiger partial charge in [0.25, 0.3) is 5.91 Å². The van der Waals surface area contributed by atoms with Crippen LogP contribution in [-0.2, 0) is 0 Å². The minimum absolute atomic E-state index is 0.0213. The van der Waals surface area contributed by atoms with Gasteiger partial charge in [0.05, 0.1) is 19.8 Å². The van der Waals surface area contributed by atoms with Crippen molar-refractivity contribution in [1.29, 1.82) is 0 Å². The van der Waals surface area contributed by atoms with Crippen molar-refractivity contribution in [3.63, 3.8) is 0 Å². The summed E-state index contributed by atoms with van der Waals surface area (Å²) in [6.07, 6.45) is 0. The number of carbonyl (C=O) groups is 1. The Labute approximate surface area is 133 Å². The van der Waals surface area contributed by atoms with Gasteiger partial charge in [0.15, 0.2) is 0 Å². The SMILES string of the molecule is COc1ccc(C(=O)N2CCN(CCBr)CC2)c(OC)c1. The zero-order valence-electron chi connectivity index (χ0n) is 12.5. The highest BCUT2D eigenvalue weighted by molar-refractivity contribution is 9.09. The zero-order chi connectivity index (χ0) is 15.2. The van der Waals surface area contributed by atoms with Gasteiger partial charge >= 0.3 is 0 Å². The van der Waals surface area contributed by atoms with Gasteiger partial charge in [-0.1, -0.05) is 15.9 Å². The number of ether oxygens (including phenoxy) is 2. The predicted molar refractivity (Wildman–Crippen MR) is 85.7 cm³/mol. The first kappa shape index (κ1) is 16.1. The summed E-state index contributed by atoms with van der Waals surface area (Å²) in [5.41, 5.74) is 0.590. The van der Waals surface area contributed by atoms with Gasteiger partial charge in [0, 0.05) is 44.1 Å². The van der Waals surface area contributed by atoms with Crippen LogP contribution in [0.5, 0.6) is 11.5 Å². The van der Waals surface area contributed by atoms with E-state index in [-0.39, 0.29) is 5.91 Å². The molecule has 0 bridgehead atoms. The van der Waals surface area contributed by atoms with E-state index in [2.05, 4.69) is 20.8 Å². The second-order valence-corrected chi connectivity index (χ2v) is 5.68. The number of nitrogens with zero attached hydrogens (tertiary/aromatic N) is 2. The third-order valence-corrected chi connectivity index (χ3v) is 4.05. The lowest BCUT2D eigenvalue weighted by molar-refractivity contribution is 0.0641. The lowest BCUT2D eigenvalue weighted by Crippen LogP contribution is -2.49. The van der Waals surface area contributed by atoms with Gasteiger partial charge in [-0.3, -0.25) is 9.69 Å². The lowest BCUT2D eigenvalue weighted by Gasteiger charge is -2.34. The van der Waals surface area contributed by atoms with E-state index in [1.807, 2.05) is 4.90 Å². The number of piperazine rings is 1. The van der Waals surface area contributed by atoms with Gasteiger partial charge in [0.1, 0.15) is 11.5 Å². The summed E-state index contributed by atoms with van der Waals surface area (Å²) < 4.78 is 10.5. The number of amides is 1. The van der Waals surface area contributed by atoms with Crippen LogP contribution >= 0.6 is 15.9 Å². The molecular weight excluding hydrogens is 336 g/mol. The van der Waals surface area contributed by atoms with Crippen LogP contribution in [0.4, 0.5) is 0 Å². The van der Waals surface area contributed by atoms with Gasteiger partial charge in [0.2, 0.25) is 0 Å². The molecular formula is C15H21BrN2O3. The van der Waals surface area contributed by atoms with Crippen LogP contribution in [0, 0.1) is 0 Å². The smallest absolute Gasteiger partial charge is 0.257 e. The quantitative estimate of drug-likeness (QED) is 0.755.